The Labute approximate surface area is 301 Å². The number of benzene rings is 4. The number of hydrogen-bond acceptors (Lipinski definition) is 6. The van der Waals surface area contributed by atoms with E-state index in [1.807, 2.05) is 66.5 Å². The zero-order valence-corrected chi connectivity index (χ0v) is 29.0. The lowest BCUT2D eigenvalue weighted by atomic mass is 9.99. The summed E-state index contributed by atoms with van der Waals surface area (Å²) in [5, 5.41) is 10.7. The fraction of sp³-hybridized carbons (Fsp3) is 0.209. The van der Waals surface area contributed by atoms with Gasteiger partial charge in [0, 0.05) is 45.5 Å². The summed E-state index contributed by atoms with van der Waals surface area (Å²) in [7, 11) is 0. The number of thioether (sulfide) groups is 1. The maximum absolute atomic E-state index is 11.6. The highest BCUT2D eigenvalue weighted by molar-refractivity contribution is 7.99. The number of rotatable bonds is 12. The first-order chi connectivity index (χ1) is 25.1. The third-order valence-electron chi connectivity index (χ3n) is 9.54. The van der Waals surface area contributed by atoms with Crippen LogP contribution >= 0.6 is 11.8 Å². The second-order valence-corrected chi connectivity index (χ2v) is 13.9. The lowest BCUT2D eigenvalue weighted by Crippen LogP contribution is -2.10. The van der Waals surface area contributed by atoms with E-state index < -0.39 is 5.97 Å². The van der Waals surface area contributed by atoms with Crippen LogP contribution in [-0.2, 0) is 42.1 Å². The number of carbonyl (C=O) groups is 1. The third kappa shape index (κ3) is 7.16. The molecule has 0 fully saturated rings. The molecule has 0 unspecified atom stereocenters. The lowest BCUT2D eigenvalue weighted by molar-refractivity contribution is -0.136. The van der Waals surface area contributed by atoms with Crippen LogP contribution < -0.4 is 9.47 Å². The number of nitrogens with zero attached hydrogens (tertiary/aromatic N) is 2. The van der Waals surface area contributed by atoms with Gasteiger partial charge in [0.1, 0.15) is 24.7 Å². The molecule has 4 aromatic carbocycles. The van der Waals surface area contributed by atoms with E-state index >= 15 is 0 Å². The molecule has 4 heterocycles. The zero-order chi connectivity index (χ0) is 34.6. The van der Waals surface area contributed by atoms with Crippen LogP contribution in [0.15, 0.2) is 120 Å². The second kappa shape index (κ2) is 14.9. The van der Waals surface area contributed by atoms with E-state index in [0.29, 0.717) is 37.7 Å². The monoisotopic (exact) mass is 694 g/mol. The summed E-state index contributed by atoms with van der Waals surface area (Å²) in [5.74, 6) is 1.51. The number of aryl methyl sites for hydroxylation is 1. The summed E-state index contributed by atoms with van der Waals surface area (Å²) in [6, 6.07) is 34.9. The Morgan fingerprint density at radius 1 is 0.843 bits per heavy atom. The van der Waals surface area contributed by atoms with E-state index in [1.165, 1.54) is 32.5 Å². The molecule has 0 atom stereocenters. The van der Waals surface area contributed by atoms with E-state index in [2.05, 4.69) is 65.2 Å². The Kier molecular flexibility index (Phi) is 9.60. The first-order valence-electron chi connectivity index (χ1n) is 17.3. The predicted octanol–water partition coefficient (Wildman–Crippen LogP) is 8.99. The first-order valence-corrected chi connectivity index (χ1v) is 18.3. The summed E-state index contributed by atoms with van der Waals surface area (Å²) < 4.78 is 20.9. The minimum atomic E-state index is -0.884. The minimum absolute atomic E-state index is 0.0941. The van der Waals surface area contributed by atoms with E-state index in [0.717, 1.165) is 59.0 Å². The molecule has 7 nitrogen and oxygen atoms in total. The van der Waals surface area contributed by atoms with Gasteiger partial charge in [-0.3, -0.25) is 9.78 Å². The van der Waals surface area contributed by atoms with Crippen molar-refractivity contribution in [2.45, 2.75) is 43.9 Å². The van der Waals surface area contributed by atoms with Crippen LogP contribution in [0.4, 0.5) is 0 Å². The number of aromatic nitrogens is 2. The van der Waals surface area contributed by atoms with Crippen molar-refractivity contribution in [1.82, 2.24) is 9.55 Å². The molecule has 256 valence electrons. The van der Waals surface area contributed by atoms with Gasteiger partial charge in [-0.1, -0.05) is 78.9 Å². The maximum atomic E-state index is 11.6. The van der Waals surface area contributed by atoms with Crippen molar-refractivity contribution in [1.29, 1.82) is 0 Å². The molecule has 8 heteroatoms. The van der Waals surface area contributed by atoms with Crippen LogP contribution in [0.5, 0.6) is 11.5 Å². The van der Waals surface area contributed by atoms with Crippen molar-refractivity contribution < 1.29 is 24.1 Å². The van der Waals surface area contributed by atoms with Crippen molar-refractivity contribution in [2.24, 2.45) is 0 Å². The molecular weight excluding hydrogens is 657 g/mol. The molecule has 2 aliphatic heterocycles. The van der Waals surface area contributed by atoms with Gasteiger partial charge in [0.25, 0.3) is 0 Å². The van der Waals surface area contributed by atoms with Gasteiger partial charge in [-0.25, -0.2) is 0 Å². The number of carboxylic acids is 1. The average molecular weight is 695 g/mol. The smallest absolute Gasteiger partial charge is 0.307 e. The largest absolute Gasteiger partial charge is 0.487 e. The quantitative estimate of drug-likeness (QED) is 0.137. The van der Waals surface area contributed by atoms with Crippen molar-refractivity contribution in [2.75, 3.05) is 19.0 Å². The highest BCUT2D eigenvalue weighted by Crippen LogP contribution is 2.45. The minimum Gasteiger partial charge on any atom is -0.487 e. The number of ether oxygens (including phenoxy) is 3. The van der Waals surface area contributed by atoms with E-state index in [4.69, 9.17) is 19.2 Å². The van der Waals surface area contributed by atoms with Gasteiger partial charge in [-0.2, -0.15) is 0 Å². The molecule has 2 aliphatic rings. The van der Waals surface area contributed by atoms with Gasteiger partial charge >= 0.3 is 5.97 Å². The van der Waals surface area contributed by atoms with Crippen molar-refractivity contribution >= 4 is 34.2 Å². The van der Waals surface area contributed by atoms with Gasteiger partial charge in [0.2, 0.25) is 0 Å². The molecular formula is C43H38N2O5S. The fourth-order valence-corrected chi connectivity index (χ4v) is 8.25. The van der Waals surface area contributed by atoms with Gasteiger partial charge in [-0.15, -0.1) is 11.8 Å². The Morgan fingerprint density at radius 2 is 1.69 bits per heavy atom. The van der Waals surface area contributed by atoms with Crippen LogP contribution in [0.25, 0.3) is 27.6 Å². The Balaban J connectivity index is 1.13. The lowest BCUT2D eigenvalue weighted by Gasteiger charge is -2.18. The van der Waals surface area contributed by atoms with Crippen molar-refractivity contribution in [3.8, 4) is 22.6 Å². The SMILES string of the molecule is O=C(O)Cc1ccccc1OCc1c2c3c(c(OCc4ccc(-c5ccccc5)cn4)ccc3n1Cc1cccc(C3=CCOCC3)c1)CCS2. The first kappa shape index (κ1) is 32.9. The average Bonchev–Trinajstić information content (AvgIpc) is 3.47. The molecule has 0 radical (unpaired) electrons. The predicted molar refractivity (Wildman–Crippen MR) is 201 cm³/mol. The van der Waals surface area contributed by atoms with Crippen molar-refractivity contribution in [3.63, 3.8) is 0 Å². The molecule has 0 amide bonds. The second-order valence-electron chi connectivity index (χ2n) is 12.8. The molecule has 8 rings (SSSR count). The summed E-state index contributed by atoms with van der Waals surface area (Å²) in [6.07, 6.45) is 5.79. The zero-order valence-electron chi connectivity index (χ0n) is 28.2. The van der Waals surface area contributed by atoms with Crippen LogP contribution in [-0.4, -0.2) is 39.6 Å². The van der Waals surface area contributed by atoms with E-state index in [9.17, 15) is 9.90 Å². The molecule has 2 aromatic heterocycles. The normalized spacial score (nSPS) is 13.9. The molecule has 0 aliphatic carbocycles. The molecule has 6 aromatic rings. The van der Waals surface area contributed by atoms with Gasteiger partial charge in [-0.05, 0) is 65.4 Å². The van der Waals surface area contributed by atoms with Crippen molar-refractivity contribution in [3.05, 3.63) is 149 Å². The fourth-order valence-electron chi connectivity index (χ4n) is 7.03. The number of para-hydroxylation sites is 1. The highest BCUT2D eigenvalue weighted by atomic mass is 32.2. The summed E-state index contributed by atoms with van der Waals surface area (Å²) in [6.45, 7) is 2.74. The Bertz CT molecular complexity index is 2230. The number of aliphatic carboxylic acids is 1. The number of carboxylic acid groups (broad SMARTS) is 1. The van der Waals surface area contributed by atoms with E-state index in [1.54, 1.807) is 0 Å². The number of pyridine rings is 1. The summed E-state index contributed by atoms with van der Waals surface area (Å²) in [4.78, 5) is 17.5. The molecule has 0 bridgehead atoms. The molecule has 1 N–H and O–H groups in total. The topological polar surface area (TPSA) is 82.8 Å². The van der Waals surface area contributed by atoms with Crippen LogP contribution in [0.1, 0.15) is 40.1 Å². The Hall–Kier alpha value is -5.31. The number of hydrogen-bond donors (Lipinski definition) is 1. The van der Waals surface area contributed by atoms with Crippen LogP contribution in [0, 0.1) is 0 Å². The molecule has 0 spiro atoms. The van der Waals surface area contributed by atoms with Crippen LogP contribution in [0.3, 0.4) is 0 Å². The molecule has 0 saturated carbocycles. The van der Waals surface area contributed by atoms with Gasteiger partial charge in [0.05, 0.1) is 36.5 Å². The summed E-state index contributed by atoms with van der Waals surface area (Å²) in [5.41, 5.74) is 10.9. The molecule has 51 heavy (non-hydrogen) atoms. The molecule has 0 saturated heterocycles. The van der Waals surface area contributed by atoms with Gasteiger partial charge < -0.3 is 23.9 Å². The summed E-state index contributed by atoms with van der Waals surface area (Å²) >= 11 is 1.85. The highest BCUT2D eigenvalue weighted by Gasteiger charge is 2.27. The van der Waals surface area contributed by atoms with Gasteiger partial charge in [0.15, 0.2) is 0 Å². The maximum Gasteiger partial charge on any atom is 0.307 e. The van der Waals surface area contributed by atoms with Crippen LogP contribution in [0.2, 0.25) is 0 Å². The Morgan fingerprint density at radius 3 is 2.51 bits per heavy atom. The third-order valence-corrected chi connectivity index (χ3v) is 10.7. The standard InChI is InChI=1S/C43H38N2O5S/c46-41(47)24-33-10-4-5-12-39(33)50-28-38-43-42-36(19-22-51-43)40(49-27-35-14-13-34(25-44-35)30-8-2-1-3-9-30)16-15-37(42)45(38)26-29-7-6-11-32(23-29)31-17-20-48-21-18-31/h1-17,23,25H,18-22,24,26-28H2,(H,46,47). The van der Waals surface area contributed by atoms with E-state index in [-0.39, 0.29) is 6.42 Å².